The number of hydrogen-bond acceptors (Lipinski definition) is 3. The van der Waals surface area contributed by atoms with E-state index < -0.39 is 0 Å². The Morgan fingerprint density at radius 2 is 1.70 bits per heavy atom. The highest BCUT2D eigenvalue weighted by atomic mass is 16.2. The lowest BCUT2D eigenvalue weighted by molar-refractivity contribution is -0.133. The molecule has 136 valence electrons. The zero-order chi connectivity index (χ0) is 17.2. The molecule has 1 fully saturated rings. The van der Waals surface area contributed by atoms with E-state index in [1.807, 2.05) is 0 Å². The lowest BCUT2D eigenvalue weighted by atomic mass is 9.84. The van der Waals surface area contributed by atoms with Crippen molar-refractivity contribution in [1.82, 2.24) is 15.1 Å². The van der Waals surface area contributed by atoms with E-state index in [1.54, 1.807) is 0 Å². The van der Waals surface area contributed by atoms with Crippen molar-refractivity contribution in [1.29, 1.82) is 0 Å². The quantitative estimate of drug-likeness (QED) is 0.671. The van der Waals surface area contributed by atoms with Gasteiger partial charge in [-0.25, -0.2) is 0 Å². The van der Waals surface area contributed by atoms with E-state index in [4.69, 9.17) is 0 Å². The predicted molar refractivity (Wildman–Crippen MR) is 98.6 cm³/mol. The molecule has 1 rings (SSSR count). The first-order valence-electron chi connectivity index (χ1n) is 9.68. The molecule has 0 saturated carbocycles. The minimum absolute atomic E-state index is 0.358. The second-order valence-corrected chi connectivity index (χ2v) is 7.53. The first-order valence-corrected chi connectivity index (χ1v) is 9.68. The molecule has 1 atom stereocenters. The van der Waals surface area contributed by atoms with Gasteiger partial charge in [0.25, 0.3) is 0 Å². The van der Waals surface area contributed by atoms with E-state index >= 15 is 0 Å². The Morgan fingerprint density at radius 1 is 1.09 bits per heavy atom. The standard InChI is InChI=1S/C19H39N3O/c1-6-21(7-2)12-13-22(15-16(3)4)19(23)14-17(5)18-8-10-20-11-9-18/h16-18,20H,6-15H2,1-5H3. The second kappa shape index (κ2) is 11.0. The zero-order valence-corrected chi connectivity index (χ0v) is 16.1. The van der Waals surface area contributed by atoms with E-state index in [0.29, 0.717) is 23.7 Å². The molecule has 23 heavy (non-hydrogen) atoms. The molecule has 0 bridgehead atoms. The second-order valence-electron chi connectivity index (χ2n) is 7.53. The van der Waals surface area contributed by atoms with E-state index in [1.165, 1.54) is 12.8 Å². The fourth-order valence-corrected chi connectivity index (χ4v) is 3.55. The van der Waals surface area contributed by atoms with Gasteiger partial charge in [0.2, 0.25) is 5.91 Å². The summed E-state index contributed by atoms with van der Waals surface area (Å²) < 4.78 is 0. The maximum absolute atomic E-state index is 12.8. The van der Waals surface area contributed by atoms with Crippen LogP contribution in [0.3, 0.4) is 0 Å². The third-order valence-corrected chi connectivity index (χ3v) is 5.20. The molecule has 1 unspecified atom stereocenters. The van der Waals surface area contributed by atoms with Crippen LogP contribution in [0.4, 0.5) is 0 Å². The van der Waals surface area contributed by atoms with Crippen LogP contribution in [-0.4, -0.2) is 61.5 Å². The fourth-order valence-electron chi connectivity index (χ4n) is 3.55. The van der Waals surface area contributed by atoms with Crippen LogP contribution in [0.2, 0.25) is 0 Å². The molecule has 0 spiro atoms. The molecule has 1 saturated heterocycles. The lowest BCUT2D eigenvalue weighted by Crippen LogP contribution is -2.41. The number of rotatable bonds is 10. The van der Waals surface area contributed by atoms with Crippen molar-refractivity contribution < 1.29 is 4.79 Å². The number of carbonyl (C=O) groups is 1. The van der Waals surface area contributed by atoms with Crippen LogP contribution >= 0.6 is 0 Å². The van der Waals surface area contributed by atoms with Crippen molar-refractivity contribution in [2.45, 2.75) is 53.9 Å². The van der Waals surface area contributed by atoms with E-state index in [-0.39, 0.29) is 0 Å². The monoisotopic (exact) mass is 325 g/mol. The van der Waals surface area contributed by atoms with Crippen molar-refractivity contribution >= 4 is 5.91 Å². The minimum atomic E-state index is 0.358. The van der Waals surface area contributed by atoms with Gasteiger partial charge < -0.3 is 15.1 Å². The molecule has 1 amide bonds. The van der Waals surface area contributed by atoms with Gasteiger partial charge >= 0.3 is 0 Å². The molecule has 1 aliphatic heterocycles. The van der Waals surface area contributed by atoms with Gasteiger partial charge in [0.05, 0.1) is 0 Å². The number of amides is 1. The van der Waals surface area contributed by atoms with E-state index in [0.717, 1.165) is 52.2 Å². The highest BCUT2D eigenvalue weighted by Crippen LogP contribution is 2.25. The van der Waals surface area contributed by atoms with Crippen molar-refractivity contribution in [2.75, 3.05) is 45.8 Å². The van der Waals surface area contributed by atoms with Crippen LogP contribution in [0.1, 0.15) is 53.9 Å². The van der Waals surface area contributed by atoms with Gasteiger partial charge in [-0.15, -0.1) is 0 Å². The number of likely N-dealkylation sites (N-methyl/N-ethyl adjacent to an activating group) is 1. The van der Waals surface area contributed by atoms with Crippen LogP contribution in [0, 0.1) is 17.8 Å². The summed E-state index contributed by atoms with van der Waals surface area (Å²) in [7, 11) is 0. The van der Waals surface area contributed by atoms with Crippen LogP contribution in [-0.2, 0) is 4.79 Å². The van der Waals surface area contributed by atoms with Crippen LogP contribution < -0.4 is 5.32 Å². The Kier molecular flexibility index (Phi) is 9.80. The molecule has 0 aromatic heterocycles. The average Bonchev–Trinajstić information content (AvgIpc) is 2.55. The van der Waals surface area contributed by atoms with Gasteiger partial charge in [-0.05, 0) is 56.8 Å². The summed E-state index contributed by atoms with van der Waals surface area (Å²) in [4.78, 5) is 17.3. The first kappa shape index (κ1) is 20.4. The van der Waals surface area contributed by atoms with Gasteiger partial charge in [-0.1, -0.05) is 34.6 Å². The largest absolute Gasteiger partial charge is 0.341 e. The first-order chi connectivity index (χ1) is 11.0. The molecule has 0 aromatic rings. The molecule has 1 heterocycles. The highest BCUT2D eigenvalue weighted by Gasteiger charge is 2.24. The summed E-state index contributed by atoms with van der Waals surface area (Å²) in [5.74, 6) is 2.11. The number of piperidine rings is 1. The van der Waals surface area contributed by atoms with Gasteiger partial charge in [0.1, 0.15) is 0 Å². The SMILES string of the molecule is CCN(CC)CCN(CC(C)C)C(=O)CC(C)C1CCNCC1. The molecule has 0 radical (unpaired) electrons. The normalized spacial score (nSPS) is 17.7. The number of nitrogens with one attached hydrogen (secondary N) is 1. The Morgan fingerprint density at radius 3 is 2.22 bits per heavy atom. The van der Waals surface area contributed by atoms with Crippen LogP contribution in [0.5, 0.6) is 0 Å². The number of nitrogens with zero attached hydrogens (tertiary/aromatic N) is 2. The Balaban J connectivity index is 2.52. The molecule has 1 N–H and O–H groups in total. The summed E-state index contributed by atoms with van der Waals surface area (Å²) in [6.07, 6.45) is 3.16. The Bertz CT molecular complexity index is 323. The van der Waals surface area contributed by atoms with Crippen molar-refractivity contribution in [2.24, 2.45) is 17.8 Å². The number of hydrogen-bond donors (Lipinski definition) is 1. The minimum Gasteiger partial charge on any atom is -0.341 e. The van der Waals surface area contributed by atoms with Crippen molar-refractivity contribution in [3.63, 3.8) is 0 Å². The molecular weight excluding hydrogens is 286 g/mol. The van der Waals surface area contributed by atoms with E-state index in [2.05, 4.69) is 49.7 Å². The van der Waals surface area contributed by atoms with Gasteiger partial charge in [0.15, 0.2) is 0 Å². The molecule has 0 aromatic carbocycles. The smallest absolute Gasteiger partial charge is 0.222 e. The van der Waals surface area contributed by atoms with Crippen molar-refractivity contribution in [3.8, 4) is 0 Å². The van der Waals surface area contributed by atoms with Crippen LogP contribution in [0.15, 0.2) is 0 Å². The number of carbonyl (C=O) groups excluding carboxylic acids is 1. The maximum atomic E-state index is 12.8. The highest BCUT2D eigenvalue weighted by molar-refractivity contribution is 5.76. The fraction of sp³-hybridized carbons (Fsp3) is 0.947. The summed E-state index contributed by atoms with van der Waals surface area (Å²) in [6.45, 7) is 18.2. The average molecular weight is 326 g/mol. The predicted octanol–water partition coefficient (Wildman–Crippen LogP) is 2.84. The van der Waals surface area contributed by atoms with Crippen LogP contribution in [0.25, 0.3) is 0 Å². The van der Waals surface area contributed by atoms with E-state index in [9.17, 15) is 4.79 Å². The maximum Gasteiger partial charge on any atom is 0.222 e. The van der Waals surface area contributed by atoms with Gasteiger partial charge in [-0.3, -0.25) is 4.79 Å². The summed E-state index contributed by atoms with van der Waals surface area (Å²) in [6, 6.07) is 0. The van der Waals surface area contributed by atoms with Gasteiger partial charge in [-0.2, -0.15) is 0 Å². The molecular formula is C19H39N3O. The zero-order valence-electron chi connectivity index (χ0n) is 16.1. The summed E-state index contributed by atoms with van der Waals surface area (Å²) in [5, 5.41) is 3.42. The van der Waals surface area contributed by atoms with Crippen molar-refractivity contribution in [3.05, 3.63) is 0 Å². The third kappa shape index (κ3) is 7.67. The lowest BCUT2D eigenvalue weighted by Gasteiger charge is -2.32. The van der Waals surface area contributed by atoms with Gasteiger partial charge in [0, 0.05) is 26.1 Å². The topological polar surface area (TPSA) is 35.6 Å². The molecule has 4 nitrogen and oxygen atoms in total. The molecule has 0 aliphatic carbocycles. The third-order valence-electron chi connectivity index (χ3n) is 5.20. The Hall–Kier alpha value is -0.610. The Labute approximate surface area is 144 Å². The summed E-state index contributed by atoms with van der Waals surface area (Å²) >= 11 is 0. The molecule has 1 aliphatic rings. The summed E-state index contributed by atoms with van der Waals surface area (Å²) in [5.41, 5.74) is 0. The molecule has 4 heteroatoms.